The molecular weight excluding hydrogens is 412 g/mol. The van der Waals surface area contributed by atoms with Gasteiger partial charge in [0.05, 0.1) is 29.2 Å². The average Bonchev–Trinajstić information content (AvgIpc) is 3.21. The van der Waals surface area contributed by atoms with Crippen LogP contribution < -0.4 is 10.1 Å². The number of nitrogens with one attached hydrogen (secondary N) is 1. The normalized spacial score (nSPS) is 12.1. The van der Waals surface area contributed by atoms with E-state index in [-0.39, 0.29) is 11.9 Å². The second-order valence-corrected chi connectivity index (χ2v) is 8.47. The van der Waals surface area contributed by atoms with Crippen molar-refractivity contribution in [2.75, 3.05) is 6.61 Å². The van der Waals surface area contributed by atoms with Gasteiger partial charge in [0.25, 0.3) is 5.91 Å². The minimum absolute atomic E-state index is 0.164. The van der Waals surface area contributed by atoms with Crippen LogP contribution in [0.5, 0.6) is 5.75 Å². The highest BCUT2D eigenvalue weighted by Gasteiger charge is 2.19. The number of rotatable bonds is 9. The third-order valence-corrected chi connectivity index (χ3v) is 5.68. The molecule has 0 saturated heterocycles. The third-order valence-electron chi connectivity index (χ3n) is 5.68. The van der Waals surface area contributed by atoms with Crippen LogP contribution in [0, 0.1) is 0 Å². The van der Waals surface area contributed by atoms with Crippen molar-refractivity contribution in [2.24, 2.45) is 0 Å². The van der Waals surface area contributed by atoms with E-state index in [9.17, 15) is 4.79 Å². The second kappa shape index (κ2) is 10.3. The number of para-hydroxylation sites is 2. The molecule has 0 aliphatic rings. The molecule has 1 amide bonds. The van der Waals surface area contributed by atoms with Gasteiger partial charge in [0, 0.05) is 18.9 Å². The van der Waals surface area contributed by atoms with Crippen molar-refractivity contribution in [3.05, 3.63) is 90.0 Å². The summed E-state index contributed by atoms with van der Waals surface area (Å²) in [5.41, 5.74) is 3.81. The molecule has 1 unspecified atom stereocenters. The molecule has 2 aromatic carbocycles. The number of benzene rings is 2. The molecule has 0 spiro atoms. The Balaban J connectivity index is 1.44. The maximum absolute atomic E-state index is 12.6. The third kappa shape index (κ3) is 5.40. The van der Waals surface area contributed by atoms with E-state index in [1.54, 1.807) is 24.5 Å². The fourth-order valence-corrected chi connectivity index (χ4v) is 3.86. The van der Waals surface area contributed by atoms with Crippen molar-refractivity contribution in [1.82, 2.24) is 19.9 Å². The highest BCUT2D eigenvalue weighted by Crippen LogP contribution is 2.22. The van der Waals surface area contributed by atoms with Crippen LogP contribution >= 0.6 is 0 Å². The number of fused-ring (bicyclic) bond motifs is 1. The summed E-state index contributed by atoms with van der Waals surface area (Å²) < 4.78 is 8.14. The summed E-state index contributed by atoms with van der Waals surface area (Å²) in [6.45, 7) is 7.67. The van der Waals surface area contributed by atoms with Gasteiger partial charge in [-0.1, -0.05) is 38.1 Å². The van der Waals surface area contributed by atoms with Crippen molar-refractivity contribution in [1.29, 1.82) is 0 Å². The number of aryl methyl sites for hydroxylation is 1. The summed E-state index contributed by atoms with van der Waals surface area (Å²) in [6.07, 6.45) is 4.04. The number of aromatic nitrogens is 3. The first-order valence-corrected chi connectivity index (χ1v) is 11.4. The molecule has 0 aliphatic heterocycles. The molecular formula is C27H30N4O2. The van der Waals surface area contributed by atoms with Crippen molar-refractivity contribution in [3.63, 3.8) is 0 Å². The molecule has 0 aliphatic carbocycles. The summed E-state index contributed by atoms with van der Waals surface area (Å²) in [6, 6.07) is 19.6. The Morgan fingerprint density at radius 3 is 2.55 bits per heavy atom. The number of carbonyl (C=O) groups is 1. The minimum Gasteiger partial charge on any atom is -0.494 e. The lowest BCUT2D eigenvalue weighted by molar-refractivity contribution is 0.0937. The Bertz CT molecular complexity index is 1200. The Morgan fingerprint density at radius 2 is 1.82 bits per heavy atom. The zero-order valence-corrected chi connectivity index (χ0v) is 19.4. The highest BCUT2D eigenvalue weighted by atomic mass is 16.5. The summed E-state index contributed by atoms with van der Waals surface area (Å²) in [7, 11) is 0. The monoisotopic (exact) mass is 442 g/mol. The highest BCUT2D eigenvalue weighted by molar-refractivity contribution is 5.94. The van der Waals surface area contributed by atoms with Gasteiger partial charge in [-0.25, -0.2) is 4.98 Å². The van der Waals surface area contributed by atoms with Crippen LogP contribution in [-0.4, -0.2) is 27.0 Å². The van der Waals surface area contributed by atoms with Gasteiger partial charge in [-0.05, 0) is 61.2 Å². The molecule has 1 N–H and O–H groups in total. The van der Waals surface area contributed by atoms with Gasteiger partial charge >= 0.3 is 0 Å². The van der Waals surface area contributed by atoms with Crippen LogP contribution in [0.4, 0.5) is 0 Å². The van der Waals surface area contributed by atoms with Crippen molar-refractivity contribution < 1.29 is 9.53 Å². The van der Waals surface area contributed by atoms with Gasteiger partial charge in [0.1, 0.15) is 11.6 Å². The predicted octanol–water partition coefficient (Wildman–Crippen LogP) is 5.51. The Hall–Kier alpha value is -3.67. The molecule has 0 saturated carbocycles. The molecule has 2 heterocycles. The quantitative estimate of drug-likeness (QED) is 0.347. The largest absolute Gasteiger partial charge is 0.494 e. The zero-order chi connectivity index (χ0) is 23.2. The van der Waals surface area contributed by atoms with Crippen LogP contribution in [0.15, 0.2) is 73.1 Å². The Kier molecular flexibility index (Phi) is 7.03. The van der Waals surface area contributed by atoms with Gasteiger partial charge in [-0.3, -0.25) is 9.78 Å². The van der Waals surface area contributed by atoms with Crippen LogP contribution in [0.3, 0.4) is 0 Å². The average molecular weight is 443 g/mol. The molecule has 4 aromatic rings. The van der Waals surface area contributed by atoms with Crippen molar-refractivity contribution >= 4 is 16.9 Å². The number of hydrogen-bond donors (Lipinski definition) is 1. The molecule has 2 aromatic heterocycles. The number of nitrogens with zero attached hydrogens (tertiary/aromatic N) is 3. The van der Waals surface area contributed by atoms with Gasteiger partial charge in [-0.2, -0.15) is 0 Å². The molecule has 6 heteroatoms. The molecule has 0 radical (unpaired) electrons. The summed E-state index contributed by atoms with van der Waals surface area (Å²) in [4.78, 5) is 21.5. The zero-order valence-electron chi connectivity index (χ0n) is 19.4. The maximum atomic E-state index is 12.6. The SMILES string of the molecule is CC(C)c1ccc(OCCCn2c(C(C)NC(=O)c3cccnc3)nc3ccccc32)cc1. The van der Waals surface area contributed by atoms with Crippen LogP contribution in [0.2, 0.25) is 0 Å². The standard InChI is InChI=1S/C27H30N4O2/c1-19(2)21-11-13-23(14-12-21)33-17-7-16-31-25-10-5-4-9-24(25)30-26(31)20(3)29-27(32)22-8-6-15-28-18-22/h4-6,8-15,18-20H,7,16-17H2,1-3H3,(H,29,32). The van der Waals surface area contributed by atoms with Crippen LogP contribution in [0.25, 0.3) is 11.0 Å². The lowest BCUT2D eigenvalue weighted by Gasteiger charge is -2.16. The molecule has 4 rings (SSSR count). The first-order chi connectivity index (χ1) is 16.0. The molecule has 0 bridgehead atoms. The smallest absolute Gasteiger partial charge is 0.253 e. The van der Waals surface area contributed by atoms with E-state index in [0.29, 0.717) is 18.1 Å². The summed E-state index contributed by atoms with van der Waals surface area (Å²) in [5, 5.41) is 3.05. The summed E-state index contributed by atoms with van der Waals surface area (Å²) >= 11 is 0. The van der Waals surface area contributed by atoms with Crippen molar-refractivity contribution in [2.45, 2.75) is 45.7 Å². The second-order valence-electron chi connectivity index (χ2n) is 8.47. The fourth-order valence-electron chi connectivity index (χ4n) is 3.86. The topological polar surface area (TPSA) is 69.0 Å². The van der Waals surface area contributed by atoms with E-state index in [2.05, 4.69) is 46.9 Å². The van der Waals surface area contributed by atoms with Gasteiger partial charge in [0.15, 0.2) is 0 Å². The lowest BCUT2D eigenvalue weighted by atomic mass is 10.0. The van der Waals surface area contributed by atoms with E-state index in [4.69, 9.17) is 9.72 Å². The Labute approximate surface area is 194 Å². The van der Waals surface area contributed by atoms with E-state index in [0.717, 1.165) is 35.6 Å². The molecule has 0 fully saturated rings. The molecule has 6 nitrogen and oxygen atoms in total. The number of amides is 1. The number of ether oxygens (including phenoxy) is 1. The Morgan fingerprint density at radius 1 is 1.03 bits per heavy atom. The molecule has 1 atom stereocenters. The van der Waals surface area contributed by atoms with E-state index in [1.807, 2.05) is 37.3 Å². The van der Waals surface area contributed by atoms with Crippen molar-refractivity contribution in [3.8, 4) is 5.75 Å². The number of hydrogen-bond acceptors (Lipinski definition) is 4. The first kappa shape index (κ1) is 22.5. The minimum atomic E-state index is -0.255. The van der Waals surface area contributed by atoms with Gasteiger partial charge < -0.3 is 14.6 Å². The number of imidazole rings is 1. The molecule has 170 valence electrons. The van der Waals surface area contributed by atoms with E-state index >= 15 is 0 Å². The molecule has 33 heavy (non-hydrogen) atoms. The van der Waals surface area contributed by atoms with Gasteiger partial charge in [-0.15, -0.1) is 0 Å². The number of carbonyl (C=O) groups excluding carboxylic acids is 1. The van der Waals surface area contributed by atoms with Crippen LogP contribution in [-0.2, 0) is 6.54 Å². The fraction of sp³-hybridized carbons (Fsp3) is 0.296. The summed E-state index contributed by atoms with van der Waals surface area (Å²) in [5.74, 6) is 2.05. The van der Waals surface area contributed by atoms with Gasteiger partial charge in [0.2, 0.25) is 0 Å². The first-order valence-electron chi connectivity index (χ1n) is 11.4. The van der Waals surface area contributed by atoms with E-state index in [1.165, 1.54) is 5.56 Å². The maximum Gasteiger partial charge on any atom is 0.253 e. The predicted molar refractivity (Wildman–Crippen MR) is 130 cm³/mol. The van der Waals surface area contributed by atoms with Crippen LogP contribution in [0.1, 0.15) is 60.9 Å². The lowest BCUT2D eigenvalue weighted by Crippen LogP contribution is -2.29. The van der Waals surface area contributed by atoms with E-state index < -0.39 is 0 Å². The number of pyridine rings is 1.